The zero-order valence-corrected chi connectivity index (χ0v) is 16.0. The summed E-state index contributed by atoms with van der Waals surface area (Å²) in [7, 11) is 0. The van der Waals surface area contributed by atoms with Crippen molar-refractivity contribution >= 4 is 23.2 Å². The molecule has 0 fully saturated rings. The lowest BCUT2D eigenvalue weighted by atomic mass is 9.99. The Hall–Kier alpha value is -3.35. The number of hydrogen-bond donors (Lipinski definition) is 0. The predicted molar refractivity (Wildman–Crippen MR) is 103 cm³/mol. The molecule has 0 N–H and O–H groups in total. The minimum Gasteiger partial charge on any atom is -0.457 e. The van der Waals surface area contributed by atoms with Crippen LogP contribution < -0.4 is 0 Å². The number of esters is 1. The number of carbonyl (C=O) groups excluding carboxylic acids is 3. The first-order chi connectivity index (χ1) is 13.2. The van der Waals surface area contributed by atoms with Crippen molar-refractivity contribution in [3.05, 3.63) is 74.3 Å². The number of nitrogens with zero attached hydrogens (tertiary/aromatic N) is 1. The fourth-order valence-corrected chi connectivity index (χ4v) is 2.67. The highest BCUT2D eigenvalue weighted by Crippen LogP contribution is 2.19. The molecule has 7 heteroatoms. The monoisotopic (exact) mass is 383 g/mol. The van der Waals surface area contributed by atoms with Crippen LogP contribution in [0.5, 0.6) is 0 Å². The van der Waals surface area contributed by atoms with Crippen LogP contribution >= 0.6 is 0 Å². The van der Waals surface area contributed by atoms with Crippen molar-refractivity contribution < 1.29 is 24.0 Å². The van der Waals surface area contributed by atoms with Gasteiger partial charge in [0.15, 0.2) is 12.4 Å². The average molecular weight is 383 g/mol. The molecule has 7 nitrogen and oxygen atoms in total. The van der Waals surface area contributed by atoms with Crippen molar-refractivity contribution in [2.45, 2.75) is 33.6 Å². The van der Waals surface area contributed by atoms with Crippen LogP contribution in [0.3, 0.4) is 0 Å². The van der Waals surface area contributed by atoms with Crippen molar-refractivity contribution in [3.63, 3.8) is 0 Å². The molecule has 0 bridgehead atoms. The Kier molecular flexibility index (Phi) is 6.76. The van der Waals surface area contributed by atoms with Crippen LogP contribution in [-0.2, 0) is 9.53 Å². The Labute approximate surface area is 162 Å². The van der Waals surface area contributed by atoms with Crippen LogP contribution in [0.25, 0.3) is 0 Å². The molecular weight excluding hydrogens is 362 g/mol. The topological polar surface area (TPSA) is 104 Å². The Morgan fingerprint density at radius 1 is 0.929 bits per heavy atom. The summed E-state index contributed by atoms with van der Waals surface area (Å²) < 4.78 is 4.92. The molecule has 0 unspecified atom stereocenters. The van der Waals surface area contributed by atoms with Crippen LogP contribution in [0.4, 0.5) is 5.69 Å². The summed E-state index contributed by atoms with van der Waals surface area (Å²) >= 11 is 0. The maximum absolute atomic E-state index is 12.3. The molecule has 0 atom stereocenters. The van der Waals surface area contributed by atoms with E-state index in [0.717, 1.165) is 17.2 Å². The second kappa shape index (κ2) is 9.03. The first-order valence-corrected chi connectivity index (χ1v) is 8.73. The third kappa shape index (κ3) is 5.33. The minimum absolute atomic E-state index is 0.0205. The van der Waals surface area contributed by atoms with Gasteiger partial charge in [0, 0.05) is 29.2 Å². The van der Waals surface area contributed by atoms with Crippen LogP contribution in [0, 0.1) is 30.9 Å². The number of nitro benzene ring substituents is 1. The zero-order chi connectivity index (χ0) is 20.8. The van der Waals surface area contributed by atoms with E-state index in [0.29, 0.717) is 11.1 Å². The van der Waals surface area contributed by atoms with E-state index >= 15 is 0 Å². The number of hydrogen-bond acceptors (Lipinski definition) is 6. The van der Waals surface area contributed by atoms with Crippen LogP contribution in [0.15, 0.2) is 36.4 Å². The summed E-state index contributed by atoms with van der Waals surface area (Å²) in [5.41, 5.74) is 2.71. The number of nitro groups is 1. The molecule has 2 aromatic carbocycles. The second-order valence-electron chi connectivity index (χ2n) is 6.58. The molecule has 0 aromatic heterocycles. The first kappa shape index (κ1) is 21.0. The number of aryl methyl sites for hydroxylation is 3. The maximum Gasteiger partial charge on any atom is 0.306 e. The van der Waals surface area contributed by atoms with Crippen LogP contribution in [0.1, 0.15) is 50.2 Å². The number of carbonyl (C=O) groups is 3. The van der Waals surface area contributed by atoms with E-state index in [9.17, 15) is 24.5 Å². The zero-order valence-electron chi connectivity index (χ0n) is 16.0. The highest BCUT2D eigenvalue weighted by Gasteiger charge is 2.17. The average Bonchev–Trinajstić information content (AvgIpc) is 2.66. The number of benzene rings is 2. The van der Waals surface area contributed by atoms with Gasteiger partial charge in [-0.25, -0.2) is 0 Å². The van der Waals surface area contributed by atoms with Crippen LogP contribution in [0.2, 0.25) is 0 Å². The van der Waals surface area contributed by atoms with Crippen molar-refractivity contribution in [1.29, 1.82) is 0 Å². The fraction of sp³-hybridized carbons (Fsp3) is 0.286. The number of rotatable bonds is 8. The molecule has 146 valence electrons. The summed E-state index contributed by atoms with van der Waals surface area (Å²) in [6.07, 6.45) is -0.166. The van der Waals surface area contributed by atoms with Gasteiger partial charge in [-0.05, 0) is 32.4 Å². The molecule has 2 rings (SSSR count). The molecule has 28 heavy (non-hydrogen) atoms. The Bertz CT molecular complexity index is 948. The van der Waals surface area contributed by atoms with E-state index in [2.05, 4.69) is 0 Å². The van der Waals surface area contributed by atoms with E-state index in [1.165, 1.54) is 12.1 Å². The molecule has 0 saturated carbocycles. The number of ketones is 2. The van der Waals surface area contributed by atoms with Crippen LogP contribution in [-0.4, -0.2) is 29.1 Å². The third-order valence-corrected chi connectivity index (χ3v) is 4.34. The molecule has 0 heterocycles. The lowest BCUT2D eigenvalue weighted by Gasteiger charge is -2.07. The van der Waals surface area contributed by atoms with E-state index in [-0.39, 0.29) is 29.9 Å². The summed E-state index contributed by atoms with van der Waals surface area (Å²) in [5.74, 6) is -1.38. The Morgan fingerprint density at radius 2 is 1.61 bits per heavy atom. The van der Waals surface area contributed by atoms with Gasteiger partial charge in [-0.1, -0.05) is 29.8 Å². The molecule has 0 radical (unpaired) electrons. The Morgan fingerprint density at radius 3 is 2.29 bits per heavy atom. The normalized spacial score (nSPS) is 10.4. The molecule has 0 aliphatic carbocycles. The van der Waals surface area contributed by atoms with Gasteiger partial charge in [0.25, 0.3) is 5.69 Å². The highest BCUT2D eigenvalue weighted by molar-refractivity contribution is 6.00. The van der Waals surface area contributed by atoms with Gasteiger partial charge in [-0.15, -0.1) is 0 Å². The van der Waals surface area contributed by atoms with Crippen molar-refractivity contribution in [2.24, 2.45) is 0 Å². The molecule has 0 spiro atoms. The molecule has 0 amide bonds. The quantitative estimate of drug-likeness (QED) is 0.296. The first-order valence-electron chi connectivity index (χ1n) is 8.73. The molecule has 0 saturated heterocycles. The van der Waals surface area contributed by atoms with E-state index in [1.54, 1.807) is 13.0 Å². The summed E-state index contributed by atoms with van der Waals surface area (Å²) in [5, 5.41) is 11.0. The van der Waals surface area contributed by atoms with E-state index < -0.39 is 23.3 Å². The molecule has 2 aromatic rings. The fourth-order valence-electron chi connectivity index (χ4n) is 2.67. The maximum atomic E-state index is 12.3. The van der Waals surface area contributed by atoms with Gasteiger partial charge in [0.1, 0.15) is 0 Å². The standard InChI is InChI=1S/C21H21NO6/c1-13-4-5-14(2)17(10-13)19(23)8-9-21(25)28-12-20(24)16-7-6-15(3)18(11-16)22(26)27/h4-7,10-11H,8-9,12H2,1-3H3. The van der Waals surface area contributed by atoms with Crippen molar-refractivity contribution in [3.8, 4) is 0 Å². The van der Waals surface area contributed by atoms with Gasteiger partial charge in [-0.2, -0.15) is 0 Å². The SMILES string of the molecule is Cc1ccc(C)c(C(=O)CCC(=O)OCC(=O)c2ccc(C)c([N+](=O)[O-])c2)c1. The third-order valence-electron chi connectivity index (χ3n) is 4.34. The molecule has 0 aliphatic heterocycles. The summed E-state index contributed by atoms with van der Waals surface area (Å²) in [4.78, 5) is 46.6. The minimum atomic E-state index is -0.673. The molecular formula is C21H21NO6. The smallest absolute Gasteiger partial charge is 0.306 e. The van der Waals surface area contributed by atoms with Gasteiger partial charge in [-0.3, -0.25) is 24.5 Å². The van der Waals surface area contributed by atoms with Gasteiger partial charge in [0.05, 0.1) is 11.3 Å². The van der Waals surface area contributed by atoms with Crippen molar-refractivity contribution in [2.75, 3.05) is 6.61 Å². The number of ether oxygens (including phenoxy) is 1. The van der Waals surface area contributed by atoms with Gasteiger partial charge < -0.3 is 4.74 Å². The lowest BCUT2D eigenvalue weighted by Crippen LogP contribution is -2.15. The second-order valence-corrected chi connectivity index (χ2v) is 6.58. The van der Waals surface area contributed by atoms with E-state index in [4.69, 9.17) is 4.74 Å². The highest BCUT2D eigenvalue weighted by atomic mass is 16.6. The van der Waals surface area contributed by atoms with Gasteiger partial charge >= 0.3 is 5.97 Å². The largest absolute Gasteiger partial charge is 0.457 e. The summed E-state index contributed by atoms with van der Waals surface area (Å²) in [6.45, 7) is 4.74. The predicted octanol–water partition coefficient (Wildman–Crippen LogP) is 3.91. The Balaban J connectivity index is 1.89. The molecule has 0 aliphatic rings. The van der Waals surface area contributed by atoms with E-state index in [1.807, 2.05) is 26.0 Å². The van der Waals surface area contributed by atoms with Crippen molar-refractivity contribution in [1.82, 2.24) is 0 Å². The number of Topliss-reactive ketones (excluding diaryl/α,β-unsaturated/α-hetero) is 2. The van der Waals surface area contributed by atoms with Gasteiger partial charge in [0.2, 0.25) is 5.78 Å². The summed E-state index contributed by atoms with van der Waals surface area (Å²) in [6, 6.07) is 9.60. The lowest BCUT2D eigenvalue weighted by molar-refractivity contribution is -0.385.